The number of nitrogens with zero attached hydrogens (tertiary/aromatic N) is 2. The Balaban J connectivity index is 0.00000180. The largest absolute Gasteiger partial charge is 0.357 e. The van der Waals surface area contributed by atoms with Crippen molar-refractivity contribution in [2.45, 2.75) is 39.2 Å². The Kier molecular flexibility index (Phi) is 7.42. The molecule has 1 aliphatic heterocycles. The quantitative estimate of drug-likeness (QED) is 0.445. The molecule has 5 heteroatoms. The fourth-order valence-electron chi connectivity index (χ4n) is 2.66. The van der Waals surface area contributed by atoms with Crippen LogP contribution in [0.5, 0.6) is 0 Å². The molecular weight excluding hydrogens is 351 g/mol. The first kappa shape index (κ1) is 17.0. The lowest BCUT2D eigenvalue weighted by Gasteiger charge is -2.28. The fraction of sp³-hybridized carbons (Fsp3) is 0.929. The van der Waals surface area contributed by atoms with Gasteiger partial charge in [-0.25, -0.2) is 0 Å². The average Bonchev–Trinajstić information content (AvgIpc) is 3.02. The van der Waals surface area contributed by atoms with Crippen LogP contribution in [-0.4, -0.2) is 50.1 Å². The number of halogens is 1. The number of hydrogen-bond acceptors (Lipinski definition) is 2. The second-order valence-electron chi connectivity index (χ2n) is 5.95. The highest BCUT2D eigenvalue weighted by Crippen LogP contribution is 2.28. The van der Waals surface area contributed by atoms with Crippen LogP contribution < -0.4 is 10.6 Å². The van der Waals surface area contributed by atoms with Crippen molar-refractivity contribution in [3.05, 3.63) is 0 Å². The second kappa shape index (κ2) is 8.29. The zero-order chi connectivity index (χ0) is 13.0. The molecule has 0 aromatic rings. The molecule has 0 amide bonds. The number of hydrogen-bond donors (Lipinski definition) is 2. The van der Waals surface area contributed by atoms with E-state index in [0.717, 1.165) is 30.9 Å². The van der Waals surface area contributed by atoms with Crippen LogP contribution in [0.1, 0.15) is 33.1 Å². The van der Waals surface area contributed by atoms with Crippen molar-refractivity contribution in [3.63, 3.8) is 0 Å². The van der Waals surface area contributed by atoms with Crippen LogP contribution in [0.2, 0.25) is 0 Å². The highest BCUT2D eigenvalue weighted by atomic mass is 127. The van der Waals surface area contributed by atoms with Gasteiger partial charge in [-0.1, -0.05) is 6.92 Å². The summed E-state index contributed by atoms with van der Waals surface area (Å²) < 4.78 is 0. The van der Waals surface area contributed by atoms with Gasteiger partial charge in [-0.15, -0.1) is 24.0 Å². The molecule has 0 aromatic carbocycles. The van der Waals surface area contributed by atoms with Crippen molar-refractivity contribution < 1.29 is 0 Å². The van der Waals surface area contributed by atoms with Crippen LogP contribution >= 0.6 is 24.0 Å². The predicted molar refractivity (Wildman–Crippen MR) is 92.3 cm³/mol. The molecule has 0 radical (unpaired) electrons. The summed E-state index contributed by atoms with van der Waals surface area (Å²) in [6.45, 7) is 8.76. The summed E-state index contributed by atoms with van der Waals surface area (Å²) >= 11 is 0. The topological polar surface area (TPSA) is 39.7 Å². The second-order valence-corrected chi connectivity index (χ2v) is 5.95. The Labute approximate surface area is 134 Å². The third-order valence-electron chi connectivity index (χ3n) is 4.01. The van der Waals surface area contributed by atoms with Crippen LogP contribution in [0.15, 0.2) is 4.99 Å². The lowest BCUT2D eigenvalue weighted by atomic mass is 9.99. The summed E-state index contributed by atoms with van der Waals surface area (Å²) in [6, 6.07) is 0.650. The first-order chi connectivity index (χ1) is 8.69. The van der Waals surface area contributed by atoms with Crippen LogP contribution in [0.3, 0.4) is 0 Å². The van der Waals surface area contributed by atoms with Gasteiger partial charge in [0, 0.05) is 25.7 Å². The third-order valence-corrected chi connectivity index (χ3v) is 4.01. The molecule has 2 N–H and O–H groups in total. The van der Waals surface area contributed by atoms with E-state index in [4.69, 9.17) is 4.99 Å². The molecule has 1 heterocycles. The molecule has 2 fully saturated rings. The van der Waals surface area contributed by atoms with E-state index in [1.807, 2.05) is 0 Å². The van der Waals surface area contributed by atoms with Crippen LogP contribution in [0, 0.1) is 11.8 Å². The highest BCUT2D eigenvalue weighted by Gasteiger charge is 2.33. The lowest BCUT2D eigenvalue weighted by Crippen LogP contribution is -2.40. The van der Waals surface area contributed by atoms with Gasteiger partial charge in [0.1, 0.15) is 0 Å². The molecule has 2 aliphatic rings. The molecule has 1 saturated carbocycles. The Morgan fingerprint density at radius 1 is 1.42 bits per heavy atom. The van der Waals surface area contributed by atoms with E-state index in [0.29, 0.717) is 6.04 Å². The molecular formula is C14H29IN4. The predicted octanol–water partition coefficient (Wildman–Crippen LogP) is 1.91. The van der Waals surface area contributed by atoms with E-state index in [-0.39, 0.29) is 24.0 Å². The van der Waals surface area contributed by atoms with Gasteiger partial charge in [0.05, 0.1) is 0 Å². The SMILES string of the molecule is CCNC(=NCC1CCCN(C)C1)NC1CC1C.I. The van der Waals surface area contributed by atoms with Gasteiger partial charge >= 0.3 is 0 Å². The number of aliphatic imine (C=N–C) groups is 1. The minimum absolute atomic E-state index is 0. The number of piperidine rings is 1. The highest BCUT2D eigenvalue weighted by molar-refractivity contribution is 14.0. The smallest absolute Gasteiger partial charge is 0.191 e. The van der Waals surface area contributed by atoms with E-state index in [1.165, 1.54) is 32.4 Å². The molecule has 3 unspecified atom stereocenters. The maximum Gasteiger partial charge on any atom is 0.191 e. The standard InChI is InChI=1S/C14H28N4.HI/c1-4-15-14(17-13-8-11(13)2)16-9-12-6-5-7-18(3)10-12;/h11-13H,4-10H2,1-3H3,(H2,15,16,17);1H. The van der Waals surface area contributed by atoms with Crippen LogP contribution in [-0.2, 0) is 0 Å². The van der Waals surface area contributed by atoms with Crippen molar-refractivity contribution in [1.82, 2.24) is 15.5 Å². The molecule has 0 spiro atoms. The van der Waals surface area contributed by atoms with Gasteiger partial charge in [-0.05, 0) is 51.6 Å². The van der Waals surface area contributed by atoms with Gasteiger partial charge in [0.2, 0.25) is 0 Å². The Bertz CT molecular complexity index is 295. The summed E-state index contributed by atoms with van der Waals surface area (Å²) in [4.78, 5) is 7.18. The van der Waals surface area contributed by atoms with Gasteiger partial charge in [0.15, 0.2) is 5.96 Å². The van der Waals surface area contributed by atoms with E-state index in [1.54, 1.807) is 0 Å². The molecule has 19 heavy (non-hydrogen) atoms. The van der Waals surface area contributed by atoms with Crippen molar-refractivity contribution in [1.29, 1.82) is 0 Å². The Hall–Kier alpha value is -0.0400. The summed E-state index contributed by atoms with van der Waals surface area (Å²) in [5.41, 5.74) is 0. The Morgan fingerprint density at radius 2 is 2.16 bits per heavy atom. The summed E-state index contributed by atoms with van der Waals surface area (Å²) in [5, 5.41) is 6.87. The normalized spacial score (nSPS) is 31.5. The fourth-order valence-corrected chi connectivity index (χ4v) is 2.66. The first-order valence-corrected chi connectivity index (χ1v) is 7.42. The number of nitrogens with one attached hydrogen (secondary N) is 2. The van der Waals surface area contributed by atoms with Crippen LogP contribution in [0.25, 0.3) is 0 Å². The third kappa shape index (κ3) is 5.85. The van der Waals surface area contributed by atoms with E-state index in [9.17, 15) is 0 Å². The molecule has 1 aliphatic carbocycles. The number of rotatable bonds is 4. The summed E-state index contributed by atoms with van der Waals surface area (Å²) in [5.74, 6) is 2.56. The van der Waals surface area contributed by atoms with Gasteiger partial charge in [-0.3, -0.25) is 4.99 Å². The zero-order valence-corrected chi connectivity index (χ0v) is 14.8. The summed E-state index contributed by atoms with van der Waals surface area (Å²) in [6.07, 6.45) is 3.93. The average molecular weight is 380 g/mol. The van der Waals surface area contributed by atoms with Gasteiger partial charge in [-0.2, -0.15) is 0 Å². The first-order valence-electron chi connectivity index (χ1n) is 7.42. The molecule has 1 saturated heterocycles. The molecule has 0 aromatic heterocycles. The van der Waals surface area contributed by atoms with Gasteiger partial charge < -0.3 is 15.5 Å². The zero-order valence-electron chi connectivity index (χ0n) is 12.5. The maximum atomic E-state index is 4.75. The van der Waals surface area contributed by atoms with Crippen molar-refractivity contribution in [2.75, 3.05) is 33.2 Å². The Morgan fingerprint density at radius 3 is 2.74 bits per heavy atom. The van der Waals surface area contributed by atoms with Gasteiger partial charge in [0.25, 0.3) is 0 Å². The van der Waals surface area contributed by atoms with E-state index in [2.05, 4.69) is 36.4 Å². The van der Waals surface area contributed by atoms with E-state index < -0.39 is 0 Å². The monoisotopic (exact) mass is 380 g/mol. The minimum atomic E-state index is 0. The van der Waals surface area contributed by atoms with E-state index >= 15 is 0 Å². The van der Waals surface area contributed by atoms with Crippen molar-refractivity contribution in [2.24, 2.45) is 16.8 Å². The summed E-state index contributed by atoms with van der Waals surface area (Å²) in [7, 11) is 2.21. The molecule has 2 rings (SSSR count). The number of guanidine groups is 1. The maximum absolute atomic E-state index is 4.75. The minimum Gasteiger partial charge on any atom is -0.357 e. The molecule has 3 atom stereocenters. The van der Waals surface area contributed by atoms with Crippen molar-refractivity contribution in [3.8, 4) is 0 Å². The lowest BCUT2D eigenvalue weighted by molar-refractivity contribution is 0.214. The molecule has 112 valence electrons. The van der Waals surface area contributed by atoms with Crippen LogP contribution in [0.4, 0.5) is 0 Å². The number of likely N-dealkylation sites (tertiary alicyclic amines) is 1. The van der Waals surface area contributed by atoms with Crippen molar-refractivity contribution >= 4 is 29.9 Å². The molecule has 0 bridgehead atoms. The molecule has 4 nitrogen and oxygen atoms in total.